The van der Waals surface area contributed by atoms with Crippen LogP contribution in [0.25, 0.3) is 11.1 Å². The Bertz CT molecular complexity index is 1740. The summed E-state index contributed by atoms with van der Waals surface area (Å²) in [6, 6.07) is 15.2. The molecule has 0 unspecified atom stereocenters. The van der Waals surface area contributed by atoms with Crippen LogP contribution in [0.5, 0.6) is 0 Å². The number of ether oxygens (including phenoxy) is 1. The minimum Gasteiger partial charge on any atom is -0.381 e. The van der Waals surface area contributed by atoms with Crippen LogP contribution < -0.4 is 15.8 Å². The number of nitrogens with one attached hydrogen (secondary N) is 2. The molecule has 0 saturated carbocycles. The number of H-pyrrole nitrogens is 1. The van der Waals surface area contributed by atoms with Crippen LogP contribution >= 0.6 is 0 Å². The van der Waals surface area contributed by atoms with E-state index in [1.807, 2.05) is 32.9 Å². The van der Waals surface area contributed by atoms with E-state index in [2.05, 4.69) is 69.2 Å². The number of unbranched alkanes of at least 4 members (excludes halogenated alkanes) is 8. The Balaban J connectivity index is 1.21. The third-order valence-electron chi connectivity index (χ3n) is 11.7. The summed E-state index contributed by atoms with van der Waals surface area (Å²) in [5, 5.41) is 3.06. The highest BCUT2D eigenvalue weighted by Gasteiger charge is 2.26. The van der Waals surface area contributed by atoms with Gasteiger partial charge in [0, 0.05) is 94.0 Å². The van der Waals surface area contributed by atoms with E-state index >= 15 is 0 Å². The van der Waals surface area contributed by atoms with Gasteiger partial charge in [-0.15, -0.1) is 0 Å². The fraction of sp³-hybridized carbons (Fsp3) is 0.587. The van der Waals surface area contributed by atoms with Crippen LogP contribution in [0.15, 0.2) is 47.3 Å². The average Bonchev–Trinajstić information content (AvgIpc) is 3.18. The molecule has 0 radical (unpaired) electrons. The second kappa shape index (κ2) is 21.4. The second-order valence-electron chi connectivity index (χ2n) is 15.9. The van der Waals surface area contributed by atoms with Gasteiger partial charge >= 0.3 is 0 Å². The van der Waals surface area contributed by atoms with E-state index in [9.17, 15) is 14.4 Å². The first-order chi connectivity index (χ1) is 26.7. The van der Waals surface area contributed by atoms with Crippen molar-refractivity contribution in [1.29, 1.82) is 0 Å². The zero-order valence-corrected chi connectivity index (χ0v) is 34.4. The zero-order valence-electron chi connectivity index (χ0n) is 34.4. The predicted molar refractivity (Wildman–Crippen MR) is 225 cm³/mol. The van der Waals surface area contributed by atoms with E-state index in [-0.39, 0.29) is 18.0 Å². The first-order valence-corrected chi connectivity index (χ1v) is 21.2. The summed E-state index contributed by atoms with van der Waals surface area (Å²) in [7, 11) is 0. The van der Waals surface area contributed by atoms with Crippen LogP contribution in [0.4, 0.5) is 5.69 Å². The molecule has 2 fully saturated rings. The lowest BCUT2D eigenvalue weighted by Crippen LogP contribution is -2.48. The molecule has 0 spiro atoms. The first kappa shape index (κ1) is 42.2. The fourth-order valence-electron chi connectivity index (χ4n) is 8.35. The van der Waals surface area contributed by atoms with Crippen LogP contribution in [-0.4, -0.2) is 78.6 Å². The Labute approximate surface area is 330 Å². The van der Waals surface area contributed by atoms with Crippen molar-refractivity contribution in [2.24, 2.45) is 0 Å². The first-order valence-electron chi connectivity index (χ1n) is 21.2. The number of anilines is 1. The summed E-state index contributed by atoms with van der Waals surface area (Å²) in [6.07, 6.45) is 14.0. The molecule has 9 nitrogen and oxygen atoms in total. The van der Waals surface area contributed by atoms with Crippen molar-refractivity contribution in [2.75, 3.05) is 50.8 Å². The van der Waals surface area contributed by atoms with Gasteiger partial charge in [-0.3, -0.25) is 19.3 Å². The summed E-state index contributed by atoms with van der Waals surface area (Å²) >= 11 is 0. The number of hydrogen-bond donors (Lipinski definition) is 2. The Morgan fingerprint density at radius 2 is 1.49 bits per heavy atom. The maximum atomic E-state index is 13.9. The maximum absolute atomic E-state index is 13.9. The molecule has 0 atom stereocenters. The number of aryl methyl sites for hydroxylation is 2. The van der Waals surface area contributed by atoms with Crippen molar-refractivity contribution in [3.63, 3.8) is 0 Å². The van der Waals surface area contributed by atoms with Crippen molar-refractivity contribution in [1.82, 2.24) is 20.1 Å². The monoisotopic (exact) mass is 754 g/mol. The number of rotatable bonds is 19. The van der Waals surface area contributed by atoms with Gasteiger partial charge in [-0.2, -0.15) is 0 Å². The molecule has 3 aromatic rings. The van der Waals surface area contributed by atoms with Crippen LogP contribution in [0.3, 0.4) is 0 Å². The third-order valence-corrected chi connectivity index (χ3v) is 11.7. The number of carbonyl (C=O) groups excluding carboxylic acids is 2. The molecule has 0 aliphatic carbocycles. The normalized spacial score (nSPS) is 15.3. The summed E-state index contributed by atoms with van der Waals surface area (Å²) in [6.45, 7) is 16.9. The molecule has 5 rings (SSSR count). The van der Waals surface area contributed by atoms with Crippen LogP contribution in [0, 0.1) is 20.8 Å². The van der Waals surface area contributed by atoms with E-state index in [0.717, 1.165) is 112 Å². The predicted octanol–water partition coefficient (Wildman–Crippen LogP) is 8.47. The van der Waals surface area contributed by atoms with E-state index in [1.54, 1.807) is 0 Å². The molecule has 2 amide bonds. The smallest absolute Gasteiger partial charge is 0.253 e. The van der Waals surface area contributed by atoms with E-state index in [4.69, 9.17) is 4.74 Å². The highest BCUT2D eigenvalue weighted by Crippen LogP contribution is 2.34. The van der Waals surface area contributed by atoms with E-state index in [0.29, 0.717) is 29.5 Å². The minimum absolute atomic E-state index is 0.160. The van der Waals surface area contributed by atoms with Gasteiger partial charge < -0.3 is 24.8 Å². The highest BCUT2D eigenvalue weighted by atomic mass is 16.5. The minimum atomic E-state index is -0.189. The molecule has 9 heteroatoms. The molecule has 2 saturated heterocycles. The molecule has 2 aromatic carbocycles. The van der Waals surface area contributed by atoms with Gasteiger partial charge in [0.15, 0.2) is 0 Å². The summed E-state index contributed by atoms with van der Waals surface area (Å²) in [5.41, 5.74) is 7.98. The third kappa shape index (κ3) is 12.0. The molecule has 3 heterocycles. The maximum Gasteiger partial charge on any atom is 0.253 e. The van der Waals surface area contributed by atoms with Gasteiger partial charge in [-0.1, -0.05) is 82.6 Å². The van der Waals surface area contributed by atoms with Crippen molar-refractivity contribution in [2.45, 2.75) is 131 Å². The topological polar surface area (TPSA) is 98.0 Å². The van der Waals surface area contributed by atoms with Gasteiger partial charge in [0.25, 0.3) is 11.5 Å². The van der Waals surface area contributed by atoms with Gasteiger partial charge in [0.05, 0.1) is 0 Å². The van der Waals surface area contributed by atoms with Crippen LogP contribution in [0.2, 0.25) is 0 Å². The van der Waals surface area contributed by atoms with Crippen molar-refractivity contribution < 1.29 is 14.3 Å². The highest BCUT2D eigenvalue weighted by molar-refractivity contribution is 5.99. The standard InChI is InChI=1S/C46H67N5O4/c1-6-8-9-10-11-12-13-14-15-16-44(52)50-25-23-49(24-26-50)33-37-17-19-38(20-18-37)39-30-41(45(53)47-32-42-34(3)29-35(4)48-46(42)54)36(5)43(31-39)51(7-2)40-21-27-55-28-22-40/h17-20,29-31,40H,6-16,21-28,32-33H2,1-5H3,(H,47,53)(H,48,54). The van der Waals surface area contributed by atoms with Crippen molar-refractivity contribution in [3.05, 3.63) is 86.3 Å². The molecule has 2 aliphatic rings. The quantitative estimate of drug-likeness (QED) is 0.119. The Hall–Kier alpha value is -3.95. The average molecular weight is 754 g/mol. The fourth-order valence-corrected chi connectivity index (χ4v) is 8.35. The molecular weight excluding hydrogens is 687 g/mol. The number of carbonyl (C=O) groups is 2. The Morgan fingerprint density at radius 3 is 2.13 bits per heavy atom. The molecule has 2 aliphatic heterocycles. The lowest BCUT2D eigenvalue weighted by atomic mass is 9.94. The summed E-state index contributed by atoms with van der Waals surface area (Å²) in [4.78, 5) is 49.3. The van der Waals surface area contributed by atoms with Crippen LogP contribution in [-0.2, 0) is 22.6 Å². The molecule has 300 valence electrons. The lowest BCUT2D eigenvalue weighted by Gasteiger charge is -2.37. The van der Waals surface area contributed by atoms with Crippen molar-refractivity contribution >= 4 is 17.5 Å². The summed E-state index contributed by atoms with van der Waals surface area (Å²) < 4.78 is 5.69. The number of hydrogen-bond acceptors (Lipinski definition) is 6. The Kier molecular flexibility index (Phi) is 16.4. The Morgan fingerprint density at radius 1 is 0.836 bits per heavy atom. The van der Waals surface area contributed by atoms with Gasteiger partial charge in [-0.25, -0.2) is 0 Å². The number of nitrogens with zero attached hydrogens (tertiary/aromatic N) is 3. The SMILES string of the molecule is CCCCCCCCCCCC(=O)N1CCN(Cc2ccc(-c3cc(C(=O)NCc4c(C)cc(C)[nH]c4=O)c(C)c(N(CC)C4CCOCC4)c3)cc2)CC1. The van der Waals surface area contributed by atoms with E-state index in [1.165, 1.54) is 50.5 Å². The molecule has 2 N–H and O–H groups in total. The number of aromatic amines is 1. The number of pyridine rings is 1. The second-order valence-corrected chi connectivity index (χ2v) is 15.9. The van der Waals surface area contributed by atoms with Crippen molar-refractivity contribution in [3.8, 4) is 11.1 Å². The molecule has 55 heavy (non-hydrogen) atoms. The van der Waals surface area contributed by atoms with Gasteiger partial charge in [0.1, 0.15) is 0 Å². The number of piperazine rings is 1. The van der Waals surface area contributed by atoms with Gasteiger partial charge in [-0.05, 0) is 93.0 Å². The van der Waals surface area contributed by atoms with Crippen LogP contribution in [0.1, 0.15) is 129 Å². The molecular formula is C46H67N5O4. The number of aromatic nitrogens is 1. The van der Waals surface area contributed by atoms with E-state index < -0.39 is 0 Å². The number of benzene rings is 2. The zero-order chi connectivity index (χ0) is 39.2. The van der Waals surface area contributed by atoms with Gasteiger partial charge in [0.2, 0.25) is 5.91 Å². The molecule has 0 bridgehead atoms. The number of amides is 2. The summed E-state index contributed by atoms with van der Waals surface area (Å²) in [5.74, 6) is 0.125. The molecule has 1 aromatic heterocycles. The largest absolute Gasteiger partial charge is 0.381 e. The lowest BCUT2D eigenvalue weighted by molar-refractivity contribution is -0.133.